The summed E-state index contributed by atoms with van der Waals surface area (Å²) in [6.45, 7) is 3.39. The van der Waals surface area contributed by atoms with Gasteiger partial charge in [-0.25, -0.2) is 0 Å². The van der Waals surface area contributed by atoms with Gasteiger partial charge in [-0.05, 0) is 62.4 Å². The first-order chi connectivity index (χ1) is 14.6. The SMILES string of the molecule is O=C(c1ccccc1)N1C[C@@H](C2CCN(Cc3ccccc3)CC2)OC2(CC2)C1=O. The number of ether oxygens (including phenoxy) is 1. The van der Waals surface area contributed by atoms with Crippen LogP contribution in [0.3, 0.4) is 0 Å². The van der Waals surface area contributed by atoms with Gasteiger partial charge in [0.2, 0.25) is 0 Å². The molecule has 0 bridgehead atoms. The normalized spacial score (nSPS) is 24.2. The van der Waals surface area contributed by atoms with Gasteiger partial charge in [0, 0.05) is 12.1 Å². The van der Waals surface area contributed by atoms with Gasteiger partial charge in [0.15, 0.2) is 0 Å². The number of hydrogen-bond donors (Lipinski definition) is 0. The van der Waals surface area contributed by atoms with Crippen LogP contribution in [0.1, 0.15) is 41.6 Å². The van der Waals surface area contributed by atoms with E-state index in [9.17, 15) is 9.59 Å². The highest BCUT2D eigenvalue weighted by atomic mass is 16.5. The van der Waals surface area contributed by atoms with Crippen LogP contribution in [0.5, 0.6) is 0 Å². The van der Waals surface area contributed by atoms with Gasteiger partial charge in [0.25, 0.3) is 11.8 Å². The largest absolute Gasteiger partial charge is 0.360 e. The highest BCUT2D eigenvalue weighted by Gasteiger charge is 2.59. The van der Waals surface area contributed by atoms with Crippen LogP contribution >= 0.6 is 0 Å². The molecule has 2 aliphatic heterocycles. The molecule has 5 rings (SSSR count). The molecule has 2 amide bonds. The lowest BCUT2D eigenvalue weighted by Gasteiger charge is -2.43. The third kappa shape index (κ3) is 3.80. The summed E-state index contributed by atoms with van der Waals surface area (Å²) in [5.74, 6) is 0.0458. The standard InChI is InChI=1S/C25H28N2O3/c28-23(21-9-5-2-6-10-21)27-18-22(30-25(13-14-25)24(27)29)20-11-15-26(16-12-20)17-19-7-3-1-4-8-19/h1-10,20,22H,11-18H2/t22-/m0/s1. The van der Waals surface area contributed by atoms with Crippen LogP contribution in [0.15, 0.2) is 60.7 Å². The van der Waals surface area contributed by atoms with E-state index < -0.39 is 5.60 Å². The van der Waals surface area contributed by atoms with Crippen LogP contribution in [-0.4, -0.2) is 53.0 Å². The van der Waals surface area contributed by atoms with Crippen molar-refractivity contribution >= 4 is 11.8 Å². The Morgan fingerprint density at radius 2 is 1.60 bits per heavy atom. The van der Waals surface area contributed by atoms with Crippen molar-refractivity contribution in [2.24, 2.45) is 5.92 Å². The van der Waals surface area contributed by atoms with Crippen molar-refractivity contribution in [1.29, 1.82) is 0 Å². The van der Waals surface area contributed by atoms with E-state index in [1.165, 1.54) is 10.5 Å². The maximum atomic E-state index is 13.1. The summed E-state index contributed by atoms with van der Waals surface area (Å²) in [6, 6.07) is 19.7. The zero-order valence-corrected chi connectivity index (χ0v) is 17.2. The Labute approximate surface area is 177 Å². The molecule has 0 unspecified atom stereocenters. The van der Waals surface area contributed by atoms with Gasteiger partial charge in [-0.2, -0.15) is 0 Å². The molecule has 1 spiro atoms. The molecule has 2 aromatic rings. The van der Waals surface area contributed by atoms with Crippen LogP contribution in [0.2, 0.25) is 0 Å². The van der Waals surface area contributed by atoms with E-state index in [1.807, 2.05) is 24.3 Å². The number of imide groups is 1. The molecule has 2 saturated heterocycles. The number of nitrogens with zero attached hydrogens (tertiary/aromatic N) is 2. The van der Waals surface area contributed by atoms with Gasteiger partial charge in [-0.3, -0.25) is 19.4 Å². The minimum absolute atomic E-state index is 0.0586. The second kappa shape index (κ2) is 7.97. The summed E-state index contributed by atoms with van der Waals surface area (Å²) in [6.07, 6.45) is 3.47. The highest BCUT2D eigenvalue weighted by molar-refractivity contribution is 6.08. The van der Waals surface area contributed by atoms with Crippen LogP contribution in [0.4, 0.5) is 0 Å². The first-order valence-corrected chi connectivity index (χ1v) is 11.0. The van der Waals surface area contributed by atoms with Crippen LogP contribution < -0.4 is 0 Å². The highest BCUT2D eigenvalue weighted by Crippen LogP contribution is 2.46. The third-order valence-electron chi connectivity index (χ3n) is 6.75. The molecule has 2 heterocycles. The number of benzene rings is 2. The molecule has 0 radical (unpaired) electrons. The van der Waals surface area contributed by atoms with Crippen molar-refractivity contribution in [1.82, 2.24) is 9.80 Å². The van der Waals surface area contributed by atoms with E-state index in [4.69, 9.17) is 4.74 Å². The molecular weight excluding hydrogens is 376 g/mol. The zero-order chi connectivity index (χ0) is 20.6. The maximum absolute atomic E-state index is 13.1. The van der Waals surface area contributed by atoms with Crippen molar-refractivity contribution in [2.45, 2.75) is 43.9 Å². The van der Waals surface area contributed by atoms with Crippen molar-refractivity contribution < 1.29 is 14.3 Å². The molecule has 0 aromatic heterocycles. The van der Waals surface area contributed by atoms with Crippen molar-refractivity contribution in [3.8, 4) is 0 Å². The Balaban J connectivity index is 1.25. The molecule has 156 valence electrons. The number of amides is 2. The smallest absolute Gasteiger partial charge is 0.261 e. The fourth-order valence-electron chi connectivity index (χ4n) is 4.81. The first kappa shape index (κ1) is 19.5. The molecule has 3 fully saturated rings. The summed E-state index contributed by atoms with van der Waals surface area (Å²) in [5, 5.41) is 0. The molecule has 0 N–H and O–H groups in total. The molecule has 5 nitrogen and oxygen atoms in total. The maximum Gasteiger partial charge on any atom is 0.261 e. The second-order valence-electron chi connectivity index (χ2n) is 8.84. The topological polar surface area (TPSA) is 49.9 Å². The molecule has 5 heteroatoms. The van der Waals surface area contributed by atoms with E-state index in [0.717, 1.165) is 45.3 Å². The number of piperidine rings is 1. The fourth-order valence-corrected chi connectivity index (χ4v) is 4.81. The molecule has 30 heavy (non-hydrogen) atoms. The van der Waals surface area contributed by atoms with E-state index in [-0.39, 0.29) is 17.9 Å². The van der Waals surface area contributed by atoms with E-state index in [2.05, 4.69) is 29.2 Å². The monoisotopic (exact) mass is 404 g/mol. The average Bonchev–Trinajstić information content (AvgIpc) is 3.57. The second-order valence-corrected chi connectivity index (χ2v) is 8.84. The predicted molar refractivity (Wildman–Crippen MR) is 114 cm³/mol. The lowest BCUT2D eigenvalue weighted by molar-refractivity contribution is -0.169. The number of carbonyl (C=O) groups excluding carboxylic acids is 2. The summed E-state index contributed by atoms with van der Waals surface area (Å²) < 4.78 is 6.34. The van der Waals surface area contributed by atoms with Crippen molar-refractivity contribution in [3.05, 3.63) is 71.8 Å². The lowest BCUT2D eigenvalue weighted by Crippen LogP contribution is -2.58. The van der Waals surface area contributed by atoms with Gasteiger partial charge in [0.1, 0.15) is 5.60 Å². The number of likely N-dealkylation sites (tertiary alicyclic amines) is 1. The minimum Gasteiger partial charge on any atom is -0.360 e. The Kier molecular flexibility index (Phi) is 5.17. The summed E-state index contributed by atoms with van der Waals surface area (Å²) in [7, 11) is 0. The van der Waals surface area contributed by atoms with Crippen LogP contribution in [-0.2, 0) is 16.1 Å². The molecule has 2 aromatic carbocycles. The molecular formula is C25H28N2O3. The molecule has 1 atom stereocenters. The van der Waals surface area contributed by atoms with Gasteiger partial charge in [-0.15, -0.1) is 0 Å². The van der Waals surface area contributed by atoms with E-state index >= 15 is 0 Å². The van der Waals surface area contributed by atoms with Gasteiger partial charge in [-0.1, -0.05) is 48.5 Å². The van der Waals surface area contributed by atoms with Gasteiger partial charge >= 0.3 is 0 Å². The number of morpholine rings is 1. The zero-order valence-electron chi connectivity index (χ0n) is 17.2. The van der Waals surface area contributed by atoms with Crippen molar-refractivity contribution in [2.75, 3.05) is 19.6 Å². The molecule has 3 aliphatic rings. The number of carbonyl (C=O) groups is 2. The Morgan fingerprint density at radius 3 is 2.23 bits per heavy atom. The van der Waals surface area contributed by atoms with Crippen LogP contribution in [0.25, 0.3) is 0 Å². The van der Waals surface area contributed by atoms with Gasteiger partial charge < -0.3 is 4.74 Å². The Morgan fingerprint density at radius 1 is 0.967 bits per heavy atom. The fraction of sp³-hybridized carbons (Fsp3) is 0.440. The van der Waals surface area contributed by atoms with E-state index in [1.54, 1.807) is 12.1 Å². The minimum atomic E-state index is -0.742. The summed E-state index contributed by atoms with van der Waals surface area (Å²) in [4.78, 5) is 30.0. The Bertz CT molecular complexity index is 903. The average molecular weight is 405 g/mol. The molecule has 1 saturated carbocycles. The quantitative estimate of drug-likeness (QED) is 0.732. The summed E-state index contributed by atoms with van der Waals surface area (Å²) >= 11 is 0. The molecule has 1 aliphatic carbocycles. The van der Waals surface area contributed by atoms with Gasteiger partial charge in [0.05, 0.1) is 12.6 Å². The number of rotatable bonds is 4. The first-order valence-electron chi connectivity index (χ1n) is 11.0. The van der Waals surface area contributed by atoms with E-state index in [0.29, 0.717) is 18.0 Å². The summed E-state index contributed by atoms with van der Waals surface area (Å²) in [5.41, 5.74) is 1.17. The van der Waals surface area contributed by atoms with Crippen LogP contribution in [0, 0.1) is 5.92 Å². The predicted octanol–water partition coefficient (Wildman–Crippen LogP) is 3.50. The lowest BCUT2D eigenvalue weighted by atomic mass is 9.89. The van der Waals surface area contributed by atoms with Crippen molar-refractivity contribution in [3.63, 3.8) is 0 Å². The number of hydrogen-bond acceptors (Lipinski definition) is 4. The Hall–Kier alpha value is -2.50. The third-order valence-corrected chi connectivity index (χ3v) is 6.75.